The Kier molecular flexibility index (Phi) is 1.83. The number of rotatable bonds is 0. The number of esters is 1. The summed E-state index contributed by atoms with van der Waals surface area (Å²) in [6.45, 7) is 0. The van der Waals surface area contributed by atoms with Crippen LogP contribution in [0.5, 0.6) is 0 Å². The van der Waals surface area contributed by atoms with Gasteiger partial charge in [-0.3, -0.25) is 4.79 Å². The van der Waals surface area contributed by atoms with Crippen molar-refractivity contribution in [2.45, 2.75) is 12.5 Å². The number of hydrogen-bond donors (Lipinski definition) is 0. The number of carbonyl (C=O) groups excluding carboxylic acids is 1. The molecule has 0 unspecified atom stereocenters. The highest BCUT2D eigenvalue weighted by Gasteiger charge is 2.43. The molecule has 0 N–H and O–H groups in total. The summed E-state index contributed by atoms with van der Waals surface area (Å²) < 4.78 is 5.98. The van der Waals surface area contributed by atoms with Gasteiger partial charge in [-0.15, -0.1) is 0 Å². The lowest BCUT2D eigenvalue weighted by molar-refractivity contribution is -0.159. The van der Waals surface area contributed by atoms with Crippen LogP contribution in [0.4, 0.5) is 0 Å². The van der Waals surface area contributed by atoms with Crippen molar-refractivity contribution in [2.75, 3.05) is 0 Å². The standard InChI is InChI=1S/C8H6INO2/c9-6-2-5-1-4(3-10)7(6)8(11)12-5/h2,4-5,7H,1H2/t4-,5+,7-/m1/s1. The summed E-state index contributed by atoms with van der Waals surface area (Å²) in [5.74, 6) is -0.710. The molecule has 2 heterocycles. The Labute approximate surface area is 83.5 Å². The molecule has 3 aliphatic rings. The van der Waals surface area contributed by atoms with E-state index in [1.54, 1.807) is 0 Å². The zero-order valence-corrected chi connectivity index (χ0v) is 8.32. The Morgan fingerprint density at radius 1 is 1.75 bits per heavy atom. The fourth-order valence-corrected chi connectivity index (χ4v) is 2.73. The molecule has 2 aliphatic heterocycles. The van der Waals surface area contributed by atoms with Crippen LogP contribution in [0, 0.1) is 23.2 Å². The molecule has 1 aliphatic carbocycles. The van der Waals surface area contributed by atoms with Gasteiger partial charge in [-0.2, -0.15) is 5.26 Å². The fraction of sp³-hybridized carbons (Fsp3) is 0.500. The van der Waals surface area contributed by atoms with Crippen LogP contribution in [-0.2, 0) is 9.53 Å². The minimum atomic E-state index is -0.305. The maximum atomic E-state index is 11.2. The van der Waals surface area contributed by atoms with Crippen molar-refractivity contribution >= 4 is 28.6 Å². The number of fused-ring (bicyclic) bond motifs is 2. The van der Waals surface area contributed by atoms with Gasteiger partial charge in [-0.05, 0) is 28.7 Å². The Morgan fingerprint density at radius 3 is 2.92 bits per heavy atom. The van der Waals surface area contributed by atoms with Crippen LogP contribution < -0.4 is 0 Å². The summed E-state index contributed by atoms with van der Waals surface area (Å²) in [6, 6.07) is 2.15. The Morgan fingerprint density at radius 2 is 2.50 bits per heavy atom. The second-order valence-corrected chi connectivity index (χ2v) is 4.22. The second kappa shape index (κ2) is 2.73. The highest BCUT2D eigenvalue weighted by molar-refractivity contribution is 14.1. The summed E-state index contributed by atoms with van der Waals surface area (Å²) in [4.78, 5) is 11.2. The molecule has 62 valence electrons. The monoisotopic (exact) mass is 275 g/mol. The minimum absolute atomic E-state index is 0.154. The van der Waals surface area contributed by atoms with Crippen molar-refractivity contribution < 1.29 is 9.53 Å². The van der Waals surface area contributed by atoms with Crippen LogP contribution in [0.25, 0.3) is 0 Å². The summed E-state index contributed by atoms with van der Waals surface area (Å²) in [5.41, 5.74) is 0. The molecule has 0 aromatic carbocycles. The summed E-state index contributed by atoms with van der Waals surface area (Å²) in [7, 11) is 0. The van der Waals surface area contributed by atoms with Crippen LogP contribution in [0.2, 0.25) is 0 Å². The van der Waals surface area contributed by atoms with Crippen LogP contribution in [0.3, 0.4) is 0 Å². The van der Waals surface area contributed by atoms with E-state index in [1.165, 1.54) is 0 Å². The van der Waals surface area contributed by atoms with Crippen LogP contribution in [-0.4, -0.2) is 12.1 Å². The number of hydrogen-bond acceptors (Lipinski definition) is 3. The van der Waals surface area contributed by atoms with E-state index >= 15 is 0 Å². The summed E-state index contributed by atoms with van der Waals surface area (Å²) >= 11 is 2.11. The molecular formula is C8H6INO2. The fourth-order valence-electron chi connectivity index (χ4n) is 1.64. The second-order valence-electron chi connectivity index (χ2n) is 2.98. The molecule has 3 atom stereocenters. The minimum Gasteiger partial charge on any atom is -0.458 e. The molecule has 0 saturated carbocycles. The lowest BCUT2D eigenvalue weighted by atomic mass is 9.81. The maximum Gasteiger partial charge on any atom is 0.315 e. The van der Waals surface area contributed by atoms with E-state index in [-0.39, 0.29) is 23.9 Å². The predicted octanol–water partition coefficient (Wildman–Crippen LogP) is 1.39. The first kappa shape index (κ1) is 8.05. The van der Waals surface area contributed by atoms with Crippen molar-refractivity contribution in [1.82, 2.24) is 0 Å². The van der Waals surface area contributed by atoms with Crippen molar-refractivity contribution in [3.8, 4) is 6.07 Å². The molecule has 0 spiro atoms. The normalized spacial score (nSPS) is 38.5. The molecule has 4 heteroatoms. The Hall–Kier alpha value is -0.570. The van der Waals surface area contributed by atoms with Crippen LogP contribution >= 0.6 is 22.6 Å². The van der Waals surface area contributed by atoms with E-state index in [1.807, 2.05) is 6.08 Å². The quantitative estimate of drug-likeness (QED) is 0.496. The van der Waals surface area contributed by atoms with Gasteiger partial charge >= 0.3 is 5.97 Å². The van der Waals surface area contributed by atoms with Gasteiger partial charge < -0.3 is 4.74 Å². The van der Waals surface area contributed by atoms with E-state index in [0.29, 0.717) is 6.42 Å². The average molecular weight is 275 g/mol. The van der Waals surface area contributed by atoms with Crippen molar-refractivity contribution in [3.63, 3.8) is 0 Å². The predicted molar refractivity (Wildman–Crippen MR) is 49.2 cm³/mol. The lowest BCUT2D eigenvalue weighted by Crippen LogP contribution is -2.41. The highest BCUT2D eigenvalue weighted by Crippen LogP contribution is 2.40. The average Bonchev–Trinajstić information content (AvgIpc) is 2.02. The SMILES string of the molecule is N#C[C@H]1C[C@H]2C=C(I)[C@@H]1C(=O)O2. The van der Waals surface area contributed by atoms with E-state index in [4.69, 9.17) is 10.00 Å². The zero-order valence-electron chi connectivity index (χ0n) is 6.16. The van der Waals surface area contributed by atoms with Crippen LogP contribution in [0.1, 0.15) is 6.42 Å². The van der Waals surface area contributed by atoms with E-state index < -0.39 is 0 Å². The summed E-state index contributed by atoms with van der Waals surface area (Å²) in [5, 5.41) is 8.76. The van der Waals surface area contributed by atoms with Crippen molar-refractivity contribution in [2.24, 2.45) is 11.8 Å². The first-order valence-electron chi connectivity index (χ1n) is 3.69. The van der Waals surface area contributed by atoms with Gasteiger partial charge in [0, 0.05) is 10.0 Å². The zero-order chi connectivity index (χ0) is 8.72. The van der Waals surface area contributed by atoms with Gasteiger partial charge in [-0.1, -0.05) is 0 Å². The number of nitrogens with zero attached hydrogens (tertiary/aromatic N) is 1. The third-order valence-corrected chi connectivity index (χ3v) is 3.25. The Bertz CT molecular complexity index is 305. The molecule has 2 bridgehead atoms. The highest BCUT2D eigenvalue weighted by atomic mass is 127. The van der Waals surface area contributed by atoms with Gasteiger partial charge in [0.05, 0.1) is 12.0 Å². The van der Waals surface area contributed by atoms with Gasteiger partial charge in [0.1, 0.15) is 12.0 Å². The number of carbonyl (C=O) groups is 1. The molecule has 1 fully saturated rings. The smallest absolute Gasteiger partial charge is 0.315 e. The maximum absolute atomic E-state index is 11.2. The summed E-state index contributed by atoms with van der Waals surface area (Å²) in [6.07, 6.45) is 2.44. The van der Waals surface area contributed by atoms with Gasteiger partial charge in [0.15, 0.2) is 0 Å². The van der Waals surface area contributed by atoms with E-state index in [0.717, 1.165) is 3.58 Å². The molecule has 0 radical (unpaired) electrons. The molecule has 1 saturated heterocycles. The molecule has 3 rings (SSSR count). The molecule has 0 aromatic rings. The van der Waals surface area contributed by atoms with Gasteiger partial charge in [0.2, 0.25) is 0 Å². The third kappa shape index (κ3) is 1.04. The molecule has 3 nitrogen and oxygen atoms in total. The molecule has 0 amide bonds. The first-order valence-corrected chi connectivity index (χ1v) is 4.77. The van der Waals surface area contributed by atoms with Crippen LogP contribution in [0.15, 0.2) is 9.66 Å². The van der Waals surface area contributed by atoms with E-state index in [2.05, 4.69) is 28.7 Å². The number of halogens is 1. The number of ether oxygens (including phenoxy) is 1. The molecule has 0 aromatic heterocycles. The number of nitriles is 1. The molecule has 12 heavy (non-hydrogen) atoms. The third-order valence-electron chi connectivity index (χ3n) is 2.22. The van der Waals surface area contributed by atoms with E-state index in [9.17, 15) is 4.79 Å². The first-order chi connectivity index (χ1) is 5.72. The van der Waals surface area contributed by atoms with Gasteiger partial charge in [0.25, 0.3) is 0 Å². The Balaban J connectivity index is 2.38. The largest absolute Gasteiger partial charge is 0.458 e. The van der Waals surface area contributed by atoms with Gasteiger partial charge in [-0.25, -0.2) is 0 Å². The molecular weight excluding hydrogens is 269 g/mol. The topological polar surface area (TPSA) is 50.1 Å². The van der Waals surface area contributed by atoms with Crippen molar-refractivity contribution in [1.29, 1.82) is 5.26 Å². The van der Waals surface area contributed by atoms with Crippen molar-refractivity contribution in [3.05, 3.63) is 9.66 Å². The lowest BCUT2D eigenvalue weighted by Gasteiger charge is -2.35.